The van der Waals surface area contributed by atoms with Gasteiger partial charge in [-0.25, -0.2) is 4.39 Å². The highest BCUT2D eigenvalue weighted by atomic mass is 19.1. The van der Waals surface area contributed by atoms with E-state index in [1.54, 1.807) is 6.07 Å². The molecule has 4 heteroatoms. The van der Waals surface area contributed by atoms with Gasteiger partial charge < -0.3 is 5.32 Å². The van der Waals surface area contributed by atoms with E-state index in [1.807, 2.05) is 30.9 Å². The van der Waals surface area contributed by atoms with Crippen LogP contribution in [0.5, 0.6) is 0 Å². The van der Waals surface area contributed by atoms with Gasteiger partial charge in [-0.3, -0.25) is 4.68 Å². The van der Waals surface area contributed by atoms with E-state index in [2.05, 4.69) is 31.2 Å². The molecule has 2 aromatic rings. The van der Waals surface area contributed by atoms with Crippen molar-refractivity contribution in [2.45, 2.75) is 39.7 Å². The number of halogens is 1. The van der Waals surface area contributed by atoms with Crippen LogP contribution in [0.3, 0.4) is 0 Å². The van der Waals surface area contributed by atoms with Crippen molar-refractivity contribution < 1.29 is 4.39 Å². The zero-order chi connectivity index (χ0) is 15.6. The van der Waals surface area contributed by atoms with Gasteiger partial charge in [0, 0.05) is 30.8 Å². The molecule has 1 heterocycles. The van der Waals surface area contributed by atoms with Gasteiger partial charge in [0.05, 0.1) is 5.69 Å². The van der Waals surface area contributed by atoms with Crippen LogP contribution in [0.4, 0.5) is 4.39 Å². The molecule has 0 saturated heterocycles. The third-order valence-electron chi connectivity index (χ3n) is 3.46. The zero-order valence-electron chi connectivity index (χ0n) is 13.5. The Kier molecular flexibility index (Phi) is 4.47. The van der Waals surface area contributed by atoms with Crippen LogP contribution < -0.4 is 5.32 Å². The maximum absolute atomic E-state index is 13.6. The van der Waals surface area contributed by atoms with E-state index in [0.29, 0.717) is 6.54 Å². The molecule has 0 spiro atoms. The topological polar surface area (TPSA) is 29.9 Å². The Bertz CT molecular complexity index is 623. The minimum Gasteiger partial charge on any atom is -0.313 e. The second-order valence-electron chi connectivity index (χ2n) is 6.40. The number of benzene rings is 1. The monoisotopic (exact) mass is 289 g/mol. The van der Waals surface area contributed by atoms with Gasteiger partial charge >= 0.3 is 0 Å². The molecule has 1 aromatic heterocycles. The molecule has 0 saturated carbocycles. The molecule has 0 radical (unpaired) electrons. The highest BCUT2D eigenvalue weighted by molar-refractivity contribution is 5.70. The first-order valence-electron chi connectivity index (χ1n) is 7.36. The van der Waals surface area contributed by atoms with Crippen molar-refractivity contribution in [2.24, 2.45) is 7.05 Å². The van der Waals surface area contributed by atoms with Crippen LogP contribution in [0.1, 0.15) is 39.0 Å². The molecule has 0 aliphatic carbocycles. The molecule has 21 heavy (non-hydrogen) atoms. The van der Waals surface area contributed by atoms with Crippen LogP contribution in [0.2, 0.25) is 0 Å². The first kappa shape index (κ1) is 15.7. The van der Waals surface area contributed by atoms with Crippen LogP contribution in [0.25, 0.3) is 11.1 Å². The van der Waals surface area contributed by atoms with Gasteiger partial charge in [0.15, 0.2) is 0 Å². The summed E-state index contributed by atoms with van der Waals surface area (Å²) in [6.45, 7) is 9.99. The molecular weight excluding hydrogens is 265 g/mol. The van der Waals surface area contributed by atoms with Crippen molar-refractivity contribution in [3.63, 3.8) is 0 Å². The van der Waals surface area contributed by atoms with Crippen molar-refractivity contribution in [3.8, 4) is 11.1 Å². The fourth-order valence-corrected chi connectivity index (χ4v) is 2.47. The summed E-state index contributed by atoms with van der Waals surface area (Å²) in [5.41, 5.74) is 4.08. The summed E-state index contributed by atoms with van der Waals surface area (Å²) in [5.74, 6) is -0.201. The standard InChI is InChI=1S/C17H24FN3/c1-6-19-10-12-9-13(18)7-8-14(12)15-11-21(5)20-16(15)17(2,3)4/h7-9,11,19H,6,10H2,1-5H3. The quantitative estimate of drug-likeness (QED) is 0.931. The van der Waals surface area contributed by atoms with Gasteiger partial charge in [-0.2, -0.15) is 5.10 Å². The molecule has 3 nitrogen and oxygen atoms in total. The second-order valence-corrected chi connectivity index (χ2v) is 6.40. The number of aromatic nitrogens is 2. The summed E-state index contributed by atoms with van der Waals surface area (Å²) in [4.78, 5) is 0. The molecule has 2 rings (SSSR count). The summed E-state index contributed by atoms with van der Waals surface area (Å²) in [7, 11) is 1.92. The highest BCUT2D eigenvalue weighted by Crippen LogP contribution is 2.33. The van der Waals surface area contributed by atoms with Crippen molar-refractivity contribution in [2.75, 3.05) is 6.54 Å². The zero-order valence-corrected chi connectivity index (χ0v) is 13.5. The van der Waals surface area contributed by atoms with E-state index < -0.39 is 0 Å². The normalized spacial score (nSPS) is 11.9. The van der Waals surface area contributed by atoms with Crippen LogP contribution in [0.15, 0.2) is 24.4 Å². The van der Waals surface area contributed by atoms with Gasteiger partial charge in [-0.15, -0.1) is 0 Å². The number of nitrogens with one attached hydrogen (secondary N) is 1. The van der Waals surface area contributed by atoms with E-state index in [0.717, 1.165) is 28.9 Å². The Morgan fingerprint density at radius 3 is 2.57 bits per heavy atom. The molecule has 0 unspecified atom stereocenters. The lowest BCUT2D eigenvalue weighted by Gasteiger charge is -2.19. The number of nitrogens with zero attached hydrogens (tertiary/aromatic N) is 2. The SMILES string of the molecule is CCNCc1cc(F)ccc1-c1cn(C)nc1C(C)(C)C. The van der Waals surface area contributed by atoms with Gasteiger partial charge in [-0.05, 0) is 29.8 Å². The van der Waals surface area contributed by atoms with Crippen LogP contribution in [0, 0.1) is 5.82 Å². The lowest BCUT2D eigenvalue weighted by atomic mass is 9.86. The van der Waals surface area contributed by atoms with Crippen molar-refractivity contribution >= 4 is 0 Å². The van der Waals surface area contributed by atoms with Crippen molar-refractivity contribution in [3.05, 3.63) is 41.5 Å². The smallest absolute Gasteiger partial charge is 0.123 e. The molecule has 1 N–H and O–H groups in total. The maximum atomic E-state index is 13.6. The largest absolute Gasteiger partial charge is 0.313 e. The Labute approximate surface area is 126 Å². The Balaban J connectivity index is 2.56. The first-order valence-corrected chi connectivity index (χ1v) is 7.36. The van der Waals surface area contributed by atoms with Crippen LogP contribution in [-0.2, 0) is 19.0 Å². The summed E-state index contributed by atoms with van der Waals surface area (Å²) in [5, 5.41) is 7.88. The second kappa shape index (κ2) is 5.98. The van der Waals surface area contributed by atoms with Crippen LogP contribution >= 0.6 is 0 Å². The average Bonchev–Trinajstić information content (AvgIpc) is 2.78. The Morgan fingerprint density at radius 2 is 1.95 bits per heavy atom. The van der Waals surface area contributed by atoms with Gasteiger partial charge in [0.2, 0.25) is 0 Å². The predicted molar refractivity (Wildman–Crippen MR) is 84.7 cm³/mol. The molecule has 0 aliphatic heterocycles. The lowest BCUT2D eigenvalue weighted by molar-refractivity contribution is 0.554. The minimum absolute atomic E-state index is 0.0551. The third-order valence-corrected chi connectivity index (χ3v) is 3.46. The van der Waals surface area contributed by atoms with E-state index in [4.69, 9.17) is 0 Å². The van der Waals surface area contributed by atoms with Gasteiger partial charge in [0.25, 0.3) is 0 Å². The number of hydrogen-bond acceptors (Lipinski definition) is 2. The molecule has 0 amide bonds. The van der Waals surface area contributed by atoms with E-state index in [-0.39, 0.29) is 11.2 Å². The molecule has 0 aliphatic rings. The number of rotatable bonds is 4. The summed E-state index contributed by atoms with van der Waals surface area (Å²) >= 11 is 0. The van der Waals surface area contributed by atoms with Crippen molar-refractivity contribution in [1.29, 1.82) is 0 Å². The number of hydrogen-bond donors (Lipinski definition) is 1. The average molecular weight is 289 g/mol. The summed E-state index contributed by atoms with van der Waals surface area (Å²) < 4.78 is 15.4. The van der Waals surface area contributed by atoms with E-state index in [9.17, 15) is 4.39 Å². The first-order chi connectivity index (χ1) is 9.82. The molecule has 0 bridgehead atoms. The van der Waals surface area contributed by atoms with E-state index >= 15 is 0 Å². The third kappa shape index (κ3) is 3.50. The molecule has 114 valence electrons. The van der Waals surface area contributed by atoms with Crippen molar-refractivity contribution in [1.82, 2.24) is 15.1 Å². The van der Waals surface area contributed by atoms with Crippen LogP contribution in [-0.4, -0.2) is 16.3 Å². The molecular formula is C17H24FN3. The molecule has 0 fully saturated rings. The minimum atomic E-state index is -0.201. The van der Waals surface area contributed by atoms with E-state index in [1.165, 1.54) is 6.07 Å². The molecule has 1 aromatic carbocycles. The predicted octanol–water partition coefficient (Wildman–Crippen LogP) is 3.63. The van der Waals surface area contributed by atoms with Gasteiger partial charge in [0.1, 0.15) is 5.82 Å². The fraction of sp³-hybridized carbons (Fsp3) is 0.471. The highest BCUT2D eigenvalue weighted by Gasteiger charge is 2.24. The fourth-order valence-electron chi connectivity index (χ4n) is 2.47. The lowest BCUT2D eigenvalue weighted by Crippen LogP contribution is -2.15. The molecule has 0 atom stereocenters. The maximum Gasteiger partial charge on any atom is 0.123 e. The summed E-state index contributed by atoms with van der Waals surface area (Å²) in [6, 6.07) is 4.98. The Morgan fingerprint density at radius 1 is 1.24 bits per heavy atom. The summed E-state index contributed by atoms with van der Waals surface area (Å²) in [6.07, 6.45) is 2.02. The number of aryl methyl sites for hydroxylation is 1. The van der Waals surface area contributed by atoms with Gasteiger partial charge in [-0.1, -0.05) is 33.8 Å². The Hall–Kier alpha value is -1.68.